The van der Waals surface area contributed by atoms with Crippen LogP contribution in [-0.2, 0) is 20.8 Å². The Labute approximate surface area is 138 Å². The minimum Gasteiger partial charge on any atom is -0.480 e. The molecule has 2 aliphatic rings. The van der Waals surface area contributed by atoms with Gasteiger partial charge in [-0.15, -0.1) is 0 Å². The summed E-state index contributed by atoms with van der Waals surface area (Å²) in [6.45, 7) is 1.68. The maximum atomic E-state index is 12.5. The van der Waals surface area contributed by atoms with E-state index in [-0.39, 0.29) is 24.3 Å². The number of carboxylic acids is 1. The summed E-state index contributed by atoms with van der Waals surface area (Å²) in [6, 6.07) is 8.23. The average Bonchev–Trinajstić information content (AvgIpc) is 2.54. The molecule has 0 aliphatic carbocycles. The first-order valence-electron chi connectivity index (χ1n) is 7.41. The zero-order chi connectivity index (χ0) is 16.6. The molecule has 2 fully saturated rings. The number of thioether (sulfide) groups is 1. The van der Waals surface area contributed by atoms with E-state index in [2.05, 4.69) is 5.32 Å². The molecule has 3 unspecified atom stereocenters. The molecule has 7 heteroatoms. The van der Waals surface area contributed by atoms with Gasteiger partial charge in [0.2, 0.25) is 5.91 Å². The molecule has 2 N–H and O–H groups in total. The van der Waals surface area contributed by atoms with Crippen LogP contribution in [0, 0.1) is 0 Å². The topological polar surface area (TPSA) is 86.7 Å². The van der Waals surface area contributed by atoms with Crippen LogP contribution in [0.4, 0.5) is 0 Å². The van der Waals surface area contributed by atoms with E-state index in [0.717, 1.165) is 5.56 Å². The smallest absolute Gasteiger partial charge is 0.327 e. The molecule has 122 valence electrons. The van der Waals surface area contributed by atoms with E-state index < -0.39 is 17.6 Å². The number of hydrogen-bond acceptors (Lipinski definition) is 4. The van der Waals surface area contributed by atoms with Crippen molar-refractivity contribution in [2.24, 2.45) is 0 Å². The van der Waals surface area contributed by atoms with Gasteiger partial charge < -0.3 is 15.3 Å². The Morgan fingerprint density at radius 1 is 1.35 bits per heavy atom. The van der Waals surface area contributed by atoms with Gasteiger partial charge in [-0.1, -0.05) is 30.3 Å². The number of amides is 2. The van der Waals surface area contributed by atoms with Crippen LogP contribution in [-0.4, -0.2) is 56.9 Å². The third-order valence-corrected chi connectivity index (χ3v) is 5.56. The van der Waals surface area contributed by atoms with Crippen LogP contribution in [0.1, 0.15) is 12.5 Å². The van der Waals surface area contributed by atoms with Crippen molar-refractivity contribution in [2.75, 3.05) is 11.5 Å². The number of benzene rings is 1. The number of carboxylic acid groups (broad SMARTS) is 1. The van der Waals surface area contributed by atoms with E-state index in [1.807, 2.05) is 30.3 Å². The van der Waals surface area contributed by atoms with E-state index in [4.69, 9.17) is 0 Å². The number of nitrogens with zero attached hydrogens (tertiary/aromatic N) is 1. The maximum absolute atomic E-state index is 12.5. The van der Waals surface area contributed by atoms with Gasteiger partial charge in [0.05, 0.1) is 12.5 Å². The van der Waals surface area contributed by atoms with E-state index in [1.54, 1.807) is 6.92 Å². The first-order chi connectivity index (χ1) is 10.9. The van der Waals surface area contributed by atoms with Crippen LogP contribution in [0.25, 0.3) is 0 Å². The molecule has 6 nitrogen and oxygen atoms in total. The van der Waals surface area contributed by atoms with Gasteiger partial charge in [-0.05, 0) is 12.5 Å². The SMILES string of the molecule is CC1(NC(=O)Cc2ccccc2)C(=O)N2C(C(=O)O)CSCC21. The van der Waals surface area contributed by atoms with E-state index in [1.165, 1.54) is 16.7 Å². The summed E-state index contributed by atoms with van der Waals surface area (Å²) in [5, 5.41) is 12.0. The Morgan fingerprint density at radius 2 is 2.04 bits per heavy atom. The summed E-state index contributed by atoms with van der Waals surface area (Å²) in [5.74, 6) is -0.498. The van der Waals surface area contributed by atoms with Gasteiger partial charge in [0.25, 0.3) is 5.91 Å². The Kier molecular flexibility index (Phi) is 4.06. The zero-order valence-corrected chi connectivity index (χ0v) is 13.5. The standard InChI is InChI=1S/C16H18N2O4S/c1-16(17-13(19)7-10-5-3-2-4-6-10)12-9-23-8-11(14(20)21)18(12)15(16)22/h2-6,11-12H,7-9H2,1H3,(H,17,19)(H,20,21). The number of aliphatic carboxylic acids is 1. The summed E-state index contributed by atoms with van der Waals surface area (Å²) < 4.78 is 0. The van der Waals surface area contributed by atoms with Crippen molar-refractivity contribution in [3.8, 4) is 0 Å². The second kappa shape index (κ2) is 5.88. The highest BCUT2D eigenvalue weighted by molar-refractivity contribution is 7.99. The maximum Gasteiger partial charge on any atom is 0.327 e. The van der Waals surface area contributed by atoms with Crippen molar-refractivity contribution in [3.63, 3.8) is 0 Å². The quantitative estimate of drug-likeness (QED) is 0.784. The molecule has 3 rings (SSSR count). The fraction of sp³-hybridized carbons (Fsp3) is 0.438. The third kappa shape index (κ3) is 2.69. The van der Waals surface area contributed by atoms with Crippen molar-refractivity contribution in [1.82, 2.24) is 10.2 Å². The summed E-state index contributed by atoms with van der Waals surface area (Å²) in [5.41, 5.74) is -0.133. The minimum atomic E-state index is -1.01. The molecule has 1 aromatic carbocycles. The summed E-state index contributed by atoms with van der Waals surface area (Å²) >= 11 is 1.50. The Hall–Kier alpha value is -2.02. The second-order valence-electron chi connectivity index (χ2n) is 6.03. The first-order valence-corrected chi connectivity index (χ1v) is 8.57. The van der Waals surface area contributed by atoms with Crippen LogP contribution in [0.3, 0.4) is 0 Å². The molecule has 0 spiro atoms. The van der Waals surface area contributed by atoms with Crippen LogP contribution in [0.15, 0.2) is 30.3 Å². The number of fused-ring (bicyclic) bond motifs is 1. The number of nitrogens with one attached hydrogen (secondary N) is 1. The molecular formula is C16H18N2O4S. The van der Waals surface area contributed by atoms with Crippen molar-refractivity contribution < 1.29 is 19.5 Å². The zero-order valence-electron chi connectivity index (χ0n) is 12.7. The van der Waals surface area contributed by atoms with E-state index in [0.29, 0.717) is 11.5 Å². The average molecular weight is 334 g/mol. The first kappa shape index (κ1) is 15.9. The largest absolute Gasteiger partial charge is 0.480 e. The number of rotatable bonds is 4. The van der Waals surface area contributed by atoms with E-state index in [9.17, 15) is 19.5 Å². The summed E-state index contributed by atoms with van der Waals surface area (Å²) in [4.78, 5) is 37.4. The van der Waals surface area contributed by atoms with Crippen molar-refractivity contribution in [3.05, 3.63) is 35.9 Å². The predicted molar refractivity (Wildman–Crippen MR) is 86.1 cm³/mol. The lowest BCUT2D eigenvalue weighted by Gasteiger charge is -2.58. The van der Waals surface area contributed by atoms with Crippen molar-refractivity contribution in [2.45, 2.75) is 31.0 Å². The molecule has 2 amide bonds. The predicted octanol–water partition coefficient (Wildman–Crippen LogP) is 0.515. The Bertz CT molecular complexity index is 651. The van der Waals surface area contributed by atoms with Crippen LogP contribution >= 0.6 is 11.8 Å². The van der Waals surface area contributed by atoms with Gasteiger partial charge in [0.15, 0.2) is 0 Å². The highest BCUT2D eigenvalue weighted by Gasteiger charge is 2.62. The van der Waals surface area contributed by atoms with Gasteiger partial charge in [0, 0.05) is 11.5 Å². The number of carbonyl (C=O) groups excluding carboxylic acids is 2. The number of hydrogen-bond donors (Lipinski definition) is 2. The molecule has 23 heavy (non-hydrogen) atoms. The highest BCUT2D eigenvalue weighted by atomic mass is 32.2. The van der Waals surface area contributed by atoms with Crippen molar-refractivity contribution in [1.29, 1.82) is 0 Å². The van der Waals surface area contributed by atoms with Crippen LogP contribution < -0.4 is 5.32 Å². The second-order valence-corrected chi connectivity index (χ2v) is 7.11. The molecule has 3 atom stereocenters. The fourth-order valence-corrected chi connectivity index (χ4v) is 4.56. The Balaban J connectivity index is 1.69. The monoisotopic (exact) mass is 334 g/mol. The van der Waals surface area contributed by atoms with Gasteiger partial charge in [-0.3, -0.25) is 9.59 Å². The van der Waals surface area contributed by atoms with Gasteiger partial charge in [-0.25, -0.2) is 4.79 Å². The normalized spacial score (nSPS) is 29.4. The van der Waals surface area contributed by atoms with Gasteiger partial charge >= 0.3 is 5.97 Å². The minimum absolute atomic E-state index is 0.200. The molecule has 2 heterocycles. The van der Waals surface area contributed by atoms with E-state index >= 15 is 0 Å². The van der Waals surface area contributed by atoms with Gasteiger partial charge in [0.1, 0.15) is 11.6 Å². The summed E-state index contributed by atoms with van der Waals surface area (Å²) in [7, 11) is 0. The lowest BCUT2D eigenvalue weighted by molar-refractivity contribution is -0.173. The molecule has 0 radical (unpaired) electrons. The molecule has 0 aromatic heterocycles. The van der Waals surface area contributed by atoms with Crippen LogP contribution in [0.2, 0.25) is 0 Å². The lowest BCUT2D eigenvalue weighted by atomic mass is 9.79. The van der Waals surface area contributed by atoms with Crippen LogP contribution in [0.5, 0.6) is 0 Å². The number of carbonyl (C=O) groups is 3. The molecule has 2 aliphatic heterocycles. The number of β-lactam (4-membered cyclic amide) rings is 1. The lowest BCUT2D eigenvalue weighted by Crippen LogP contribution is -2.83. The molecule has 0 bridgehead atoms. The highest BCUT2D eigenvalue weighted by Crippen LogP contribution is 2.39. The van der Waals surface area contributed by atoms with Crippen molar-refractivity contribution >= 4 is 29.5 Å². The molecule has 0 saturated carbocycles. The third-order valence-electron chi connectivity index (χ3n) is 4.46. The van der Waals surface area contributed by atoms with Gasteiger partial charge in [-0.2, -0.15) is 11.8 Å². The summed E-state index contributed by atoms with van der Waals surface area (Å²) in [6.07, 6.45) is 0.200. The molecule has 1 aromatic rings. The fourth-order valence-electron chi connectivity index (χ4n) is 3.18. The molecule has 2 saturated heterocycles. The molecular weight excluding hydrogens is 316 g/mol. The Morgan fingerprint density at radius 3 is 2.70 bits per heavy atom.